The molecule has 1 aromatic heterocycles. The summed E-state index contributed by atoms with van der Waals surface area (Å²) >= 11 is 7.32. The lowest BCUT2D eigenvalue weighted by Gasteiger charge is -2.15. The fourth-order valence-corrected chi connectivity index (χ4v) is 2.51. The van der Waals surface area contributed by atoms with Gasteiger partial charge in [-0.2, -0.15) is 0 Å². The van der Waals surface area contributed by atoms with Gasteiger partial charge in [-0.25, -0.2) is 4.98 Å². The molecule has 1 heterocycles. The first kappa shape index (κ1) is 14.9. The van der Waals surface area contributed by atoms with Crippen LogP contribution in [-0.4, -0.2) is 17.1 Å². The Balaban J connectivity index is 2.13. The minimum atomic E-state index is -0.120. The Kier molecular flexibility index (Phi) is 5.04. The lowest BCUT2D eigenvalue weighted by Crippen LogP contribution is -2.27. The van der Waals surface area contributed by atoms with Crippen LogP contribution in [0.5, 0.6) is 0 Å². The van der Waals surface area contributed by atoms with Gasteiger partial charge in [0, 0.05) is 11.2 Å². The summed E-state index contributed by atoms with van der Waals surface area (Å²) in [4.78, 5) is 16.5. The summed E-state index contributed by atoms with van der Waals surface area (Å²) in [6.45, 7) is 1.94. The quantitative estimate of drug-likeness (QED) is 0.870. The number of carbonyl (C=O) groups excluding carboxylic acids is 1. The number of rotatable bonds is 4. The summed E-state index contributed by atoms with van der Waals surface area (Å²) in [6, 6.07) is 10.9. The topological polar surface area (TPSA) is 42.0 Å². The average molecular weight is 307 g/mol. The van der Waals surface area contributed by atoms with Gasteiger partial charge in [0.15, 0.2) is 0 Å². The van der Waals surface area contributed by atoms with Crippen LogP contribution in [0.2, 0.25) is 5.02 Å². The predicted octanol–water partition coefficient (Wildman–Crippen LogP) is 3.95. The van der Waals surface area contributed by atoms with Gasteiger partial charge in [-0.3, -0.25) is 4.79 Å². The van der Waals surface area contributed by atoms with Crippen molar-refractivity contribution in [3.05, 3.63) is 58.7 Å². The molecule has 0 bridgehead atoms. The summed E-state index contributed by atoms with van der Waals surface area (Å²) in [7, 11) is 0. The number of amides is 1. The Hall–Kier alpha value is -1.52. The fourth-order valence-electron chi connectivity index (χ4n) is 1.84. The molecule has 1 atom stereocenters. The van der Waals surface area contributed by atoms with Crippen molar-refractivity contribution >= 4 is 29.3 Å². The molecule has 1 N–H and O–H groups in total. The molecule has 2 rings (SSSR count). The third-order valence-electron chi connectivity index (χ3n) is 2.93. The third-order valence-corrected chi connectivity index (χ3v) is 3.89. The molecule has 104 valence electrons. The number of nitrogens with one attached hydrogen (secondary N) is 1. The van der Waals surface area contributed by atoms with Gasteiger partial charge in [-0.05, 0) is 43.0 Å². The number of thioether (sulfide) groups is 1. The summed E-state index contributed by atoms with van der Waals surface area (Å²) in [5.41, 5.74) is 1.61. The number of hydrogen-bond acceptors (Lipinski definition) is 3. The lowest BCUT2D eigenvalue weighted by molar-refractivity contribution is 0.0936. The van der Waals surface area contributed by atoms with Crippen LogP contribution < -0.4 is 5.32 Å². The Bertz CT molecular complexity index is 601. The summed E-state index contributed by atoms with van der Waals surface area (Å²) < 4.78 is 0. The fraction of sp³-hybridized carbons (Fsp3) is 0.200. The van der Waals surface area contributed by atoms with Crippen molar-refractivity contribution in [1.82, 2.24) is 10.3 Å². The molecule has 1 aromatic carbocycles. The van der Waals surface area contributed by atoms with Crippen LogP contribution in [0.15, 0.2) is 47.6 Å². The molecule has 0 unspecified atom stereocenters. The second kappa shape index (κ2) is 6.77. The molecule has 5 heteroatoms. The van der Waals surface area contributed by atoms with E-state index >= 15 is 0 Å². The van der Waals surface area contributed by atoms with Gasteiger partial charge in [0.05, 0.1) is 11.6 Å². The molecule has 0 radical (unpaired) electrons. The van der Waals surface area contributed by atoms with E-state index in [0.29, 0.717) is 10.6 Å². The zero-order valence-corrected chi connectivity index (χ0v) is 12.8. The summed E-state index contributed by atoms with van der Waals surface area (Å²) in [5, 5.41) is 4.39. The third kappa shape index (κ3) is 3.52. The second-order valence-electron chi connectivity index (χ2n) is 4.31. The van der Waals surface area contributed by atoms with E-state index < -0.39 is 0 Å². The van der Waals surface area contributed by atoms with E-state index in [1.807, 2.05) is 37.4 Å². The Morgan fingerprint density at radius 2 is 2.00 bits per heavy atom. The number of carbonyl (C=O) groups is 1. The minimum Gasteiger partial charge on any atom is -0.345 e. The highest BCUT2D eigenvalue weighted by Gasteiger charge is 2.14. The minimum absolute atomic E-state index is 0.0883. The highest BCUT2D eigenvalue weighted by molar-refractivity contribution is 7.98. The zero-order chi connectivity index (χ0) is 14.5. The molecule has 0 aliphatic heterocycles. The van der Waals surface area contributed by atoms with Gasteiger partial charge in [0.25, 0.3) is 5.91 Å². The molecule has 0 spiro atoms. The van der Waals surface area contributed by atoms with Crippen molar-refractivity contribution in [2.75, 3.05) is 6.26 Å². The SMILES string of the molecule is CSc1ncccc1C(=O)N[C@H](C)c1ccc(Cl)cc1. The molecule has 0 aliphatic carbocycles. The highest BCUT2D eigenvalue weighted by atomic mass is 35.5. The number of hydrogen-bond donors (Lipinski definition) is 1. The van der Waals surface area contributed by atoms with E-state index in [1.54, 1.807) is 18.3 Å². The van der Waals surface area contributed by atoms with Crippen LogP contribution in [0.4, 0.5) is 0 Å². The normalized spacial score (nSPS) is 11.9. The van der Waals surface area contributed by atoms with Gasteiger partial charge in [-0.1, -0.05) is 23.7 Å². The van der Waals surface area contributed by atoms with Crippen LogP contribution >= 0.6 is 23.4 Å². The number of pyridine rings is 1. The van der Waals surface area contributed by atoms with Crippen LogP contribution in [0.3, 0.4) is 0 Å². The lowest BCUT2D eigenvalue weighted by atomic mass is 10.1. The van der Waals surface area contributed by atoms with Crippen LogP contribution in [0.1, 0.15) is 28.9 Å². The summed E-state index contributed by atoms with van der Waals surface area (Å²) in [6.07, 6.45) is 3.59. The van der Waals surface area contributed by atoms with Crippen molar-refractivity contribution < 1.29 is 4.79 Å². The monoisotopic (exact) mass is 306 g/mol. The van der Waals surface area contributed by atoms with Crippen molar-refractivity contribution in [2.45, 2.75) is 18.0 Å². The second-order valence-corrected chi connectivity index (χ2v) is 5.54. The maximum atomic E-state index is 12.3. The van der Waals surface area contributed by atoms with E-state index in [9.17, 15) is 4.79 Å². The maximum Gasteiger partial charge on any atom is 0.254 e. The van der Waals surface area contributed by atoms with Gasteiger partial charge in [0.1, 0.15) is 5.03 Å². The average Bonchev–Trinajstić information content (AvgIpc) is 2.47. The van der Waals surface area contributed by atoms with Gasteiger partial charge in [0.2, 0.25) is 0 Å². The number of aromatic nitrogens is 1. The number of benzene rings is 1. The van der Waals surface area contributed by atoms with E-state index in [0.717, 1.165) is 10.6 Å². The molecule has 0 saturated carbocycles. The largest absolute Gasteiger partial charge is 0.345 e. The molecule has 0 saturated heterocycles. The van der Waals surface area contributed by atoms with E-state index in [1.165, 1.54) is 11.8 Å². The standard InChI is InChI=1S/C15H15ClN2OS/c1-10(11-5-7-12(16)8-6-11)18-14(19)13-4-3-9-17-15(13)20-2/h3-10H,1-2H3,(H,18,19)/t10-/m1/s1. The first-order chi connectivity index (χ1) is 9.61. The van der Waals surface area contributed by atoms with Crippen LogP contribution in [0, 0.1) is 0 Å². The molecule has 1 amide bonds. The molecule has 0 aliphatic rings. The number of halogens is 1. The molecular formula is C15H15ClN2OS. The molecule has 0 fully saturated rings. The van der Waals surface area contributed by atoms with E-state index in [4.69, 9.17) is 11.6 Å². The summed E-state index contributed by atoms with van der Waals surface area (Å²) in [5.74, 6) is -0.120. The smallest absolute Gasteiger partial charge is 0.254 e. The van der Waals surface area contributed by atoms with E-state index in [-0.39, 0.29) is 11.9 Å². The van der Waals surface area contributed by atoms with Crippen LogP contribution in [-0.2, 0) is 0 Å². The first-order valence-corrected chi connectivity index (χ1v) is 7.77. The van der Waals surface area contributed by atoms with Crippen molar-refractivity contribution in [2.24, 2.45) is 0 Å². The molecule has 2 aromatic rings. The van der Waals surface area contributed by atoms with Crippen molar-refractivity contribution in [3.8, 4) is 0 Å². The Labute approximate surface area is 127 Å². The molecule has 3 nitrogen and oxygen atoms in total. The van der Waals surface area contributed by atoms with Gasteiger partial charge in [-0.15, -0.1) is 11.8 Å². The first-order valence-electron chi connectivity index (χ1n) is 6.17. The zero-order valence-electron chi connectivity index (χ0n) is 11.3. The Morgan fingerprint density at radius 1 is 1.30 bits per heavy atom. The van der Waals surface area contributed by atoms with E-state index in [2.05, 4.69) is 10.3 Å². The van der Waals surface area contributed by atoms with Crippen molar-refractivity contribution in [3.63, 3.8) is 0 Å². The molecular weight excluding hydrogens is 292 g/mol. The Morgan fingerprint density at radius 3 is 2.65 bits per heavy atom. The van der Waals surface area contributed by atoms with Gasteiger partial charge >= 0.3 is 0 Å². The van der Waals surface area contributed by atoms with Crippen LogP contribution in [0.25, 0.3) is 0 Å². The number of nitrogens with zero attached hydrogens (tertiary/aromatic N) is 1. The maximum absolute atomic E-state index is 12.3. The van der Waals surface area contributed by atoms with Crippen molar-refractivity contribution in [1.29, 1.82) is 0 Å². The molecule has 20 heavy (non-hydrogen) atoms. The highest BCUT2D eigenvalue weighted by Crippen LogP contribution is 2.19. The predicted molar refractivity (Wildman–Crippen MR) is 83.4 cm³/mol. The van der Waals surface area contributed by atoms with Gasteiger partial charge < -0.3 is 5.32 Å².